The van der Waals surface area contributed by atoms with Crippen molar-refractivity contribution in [2.24, 2.45) is 5.92 Å². The van der Waals surface area contributed by atoms with Crippen LogP contribution in [0.1, 0.15) is 33.1 Å². The van der Waals surface area contributed by atoms with Gasteiger partial charge in [-0.25, -0.2) is 8.42 Å². The van der Waals surface area contributed by atoms with Gasteiger partial charge in [0.1, 0.15) is 0 Å². The molecule has 1 heterocycles. The molecule has 0 aliphatic carbocycles. The van der Waals surface area contributed by atoms with Crippen LogP contribution in [0.5, 0.6) is 0 Å². The molecule has 1 N–H and O–H groups in total. The van der Waals surface area contributed by atoms with Crippen molar-refractivity contribution in [2.75, 3.05) is 18.9 Å². The smallest absolute Gasteiger partial charge is 0.214 e. The summed E-state index contributed by atoms with van der Waals surface area (Å²) in [5.41, 5.74) is 0. The van der Waals surface area contributed by atoms with Gasteiger partial charge in [-0.2, -0.15) is 4.31 Å². The van der Waals surface area contributed by atoms with Crippen molar-refractivity contribution < 1.29 is 13.5 Å². The van der Waals surface area contributed by atoms with Crippen LogP contribution in [0.2, 0.25) is 0 Å². The van der Waals surface area contributed by atoms with Crippen LogP contribution < -0.4 is 0 Å². The van der Waals surface area contributed by atoms with Crippen molar-refractivity contribution >= 4 is 10.0 Å². The third-order valence-electron chi connectivity index (χ3n) is 2.75. The molecule has 1 saturated heterocycles. The second-order valence-corrected chi connectivity index (χ2v) is 6.64. The third-order valence-corrected chi connectivity index (χ3v) is 4.75. The average Bonchev–Trinajstić information content (AvgIpc) is 2.14. The van der Waals surface area contributed by atoms with Gasteiger partial charge in [0.25, 0.3) is 0 Å². The summed E-state index contributed by atoms with van der Waals surface area (Å²) in [6.07, 6.45) is 2.39. The molecule has 15 heavy (non-hydrogen) atoms. The first-order valence-electron chi connectivity index (χ1n) is 5.57. The van der Waals surface area contributed by atoms with E-state index in [0.717, 1.165) is 19.3 Å². The third kappa shape index (κ3) is 3.43. The molecule has 1 unspecified atom stereocenters. The standard InChI is InChI=1S/C10H21NO3S/c1-9(2)7-10(8-12)11-5-3-4-6-15(11,13)14/h9-10,12H,3-8H2,1-2H3. The van der Waals surface area contributed by atoms with E-state index in [1.807, 2.05) is 13.8 Å². The molecule has 0 aromatic rings. The molecule has 1 rings (SSSR count). The lowest BCUT2D eigenvalue weighted by Crippen LogP contribution is -2.47. The lowest BCUT2D eigenvalue weighted by atomic mass is 10.0. The van der Waals surface area contributed by atoms with E-state index in [1.165, 1.54) is 4.31 Å². The molecule has 0 bridgehead atoms. The first-order chi connectivity index (χ1) is 6.97. The Hall–Kier alpha value is -0.130. The average molecular weight is 235 g/mol. The van der Waals surface area contributed by atoms with Crippen molar-refractivity contribution in [3.8, 4) is 0 Å². The minimum absolute atomic E-state index is 0.0720. The molecule has 1 atom stereocenters. The molecule has 0 aromatic heterocycles. The molecular formula is C10H21NO3S. The Morgan fingerprint density at radius 2 is 2.00 bits per heavy atom. The lowest BCUT2D eigenvalue weighted by Gasteiger charge is -2.33. The quantitative estimate of drug-likeness (QED) is 0.785. The minimum atomic E-state index is -3.11. The van der Waals surface area contributed by atoms with Crippen LogP contribution >= 0.6 is 0 Å². The molecule has 4 nitrogen and oxygen atoms in total. The Balaban J connectivity index is 2.73. The number of aliphatic hydroxyl groups excluding tert-OH is 1. The summed E-state index contributed by atoms with van der Waals surface area (Å²) in [7, 11) is -3.11. The highest BCUT2D eigenvalue weighted by Gasteiger charge is 2.31. The first-order valence-corrected chi connectivity index (χ1v) is 7.18. The largest absolute Gasteiger partial charge is 0.395 e. The van der Waals surface area contributed by atoms with Gasteiger partial charge in [-0.1, -0.05) is 13.8 Å². The molecule has 5 heteroatoms. The topological polar surface area (TPSA) is 57.6 Å². The van der Waals surface area contributed by atoms with E-state index in [4.69, 9.17) is 0 Å². The Morgan fingerprint density at radius 3 is 2.47 bits per heavy atom. The van der Waals surface area contributed by atoms with Crippen LogP contribution in [0, 0.1) is 5.92 Å². The van der Waals surface area contributed by atoms with Gasteiger partial charge >= 0.3 is 0 Å². The number of rotatable bonds is 4. The predicted molar refractivity (Wildman–Crippen MR) is 60.1 cm³/mol. The molecule has 90 valence electrons. The van der Waals surface area contributed by atoms with Gasteiger partial charge in [0.05, 0.1) is 12.4 Å². The van der Waals surface area contributed by atoms with Crippen molar-refractivity contribution in [2.45, 2.75) is 39.2 Å². The molecule has 0 amide bonds. The number of nitrogens with zero attached hydrogens (tertiary/aromatic N) is 1. The molecular weight excluding hydrogens is 214 g/mol. The van der Waals surface area contributed by atoms with Crippen LogP contribution in [0.3, 0.4) is 0 Å². The Kier molecular flexibility index (Phi) is 4.55. The molecule has 1 fully saturated rings. The zero-order valence-corrected chi connectivity index (χ0v) is 10.3. The number of hydrogen-bond acceptors (Lipinski definition) is 3. The van der Waals surface area contributed by atoms with Gasteiger partial charge in [-0.05, 0) is 25.2 Å². The van der Waals surface area contributed by atoms with Crippen molar-refractivity contribution in [1.82, 2.24) is 4.31 Å². The highest BCUT2D eigenvalue weighted by Crippen LogP contribution is 2.20. The minimum Gasteiger partial charge on any atom is -0.395 e. The number of aliphatic hydroxyl groups is 1. The van der Waals surface area contributed by atoms with E-state index in [2.05, 4.69) is 0 Å². The summed E-state index contributed by atoms with van der Waals surface area (Å²) in [5.74, 6) is 0.640. The van der Waals surface area contributed by atoms with Crippen molar-refractivity contribution in [1.29, 1.82) is 0 Å². The maximum absolute atomic E-state index is 11.8. The zero-order chi connectivity index (χ0) is 11.5. The second-order valence-electron chi connectivity index (χ2n) is 4.60. The summed E-state index contributed by atoms with van der Waals surface area (Å²) in [4.78, 5) is 0. The normalized spacial score (nSPS) is 24.3. The Bertz CT molecular complexity index is 287. The number of hydrogen-bond donors (Lipinski definition) is 1. The maximum atomic E-state index is 11.8. The Morgan fingerprint density at radius 1 is 1.33 bits per heavy atom. The zero-order valence-electron chi connectivity index (χ0n) is 9.52. The van der Waals surface area contributed by atoms with Gasteiger partial charge in [0, 0.05) is 12.6 Å². The van der Waals surface area contributed by atoms with Crippen molar-refractivity contribution in [3.05, 3.63) is 0 Å². The highest BCUT2D eigenvalue weighted by atomic mass is 32.2. The van der Waals surface area contributed by atoms with E-state index in [0.29, 0.717) is 12.5 Å². The number of sulfonamides is 1. The monoisotopic (exact) mass is 235 g/mol. The van der Waals surface area contributed by atoms with E-state index in [-0.39, 0.29) is 18.4 Å². The summed E-state index contributed by atoms with van der Waals surface area (Å²) >= 11 is 0. The van der Waals surface area contributed by atoms with Gasteiger partial charge in [-0.3, -0.25) is 0 Å². The molecule has 1 aliphatic heterocycles. The van der Waals surface area contributed by atoms with Crippen LogP contribution in [-0.4, -0.2) is 42.8 Å². The SMILES string of the molecule is CC(C)CC(CO)N1CCCCS1(=O)=O. The first kappa shape index (κ1) is 12.9. The highest BCUT2D eigenvalue weighted by molar-refractivity contribution is 7.89. The fourth-order valence-corrected chi connectivity index (χ4v) is 3.86. The lowest BCUT2D eigenvalue weighted by molar-refractivity contribution is 0.163. The fraction of sp³-hybridized carbons (Fsp3) is 1.00. The van der Waals surface area contributed by atoms with Crippen LogP contribution in [0.4, 0.5) is 0 Å². The molecule has 1 aliphatic rings. The molecule has 0 saturated carbocycles. The van der Waals surface area contributed by atoms with Gasteiger partial charge < -0.3 is 5.11 Å². The summed E-state index contributed by atoms with van der Waals surface area (Å²) in [5, 5.41) is 9.25. The fourth-order valence-electron chi connectivity index (χ4n) is 2.05. The van der Waals surface area contributed by atoms with Crippen LogP contribution in [0.15, 0.2) is 0 Å². The van der Waals surface area contributed by atoms with E-state index in [9.17, 15) is 13.5 Å². The summed E-state index contributed by atoms with van der Waals surface area (Å²) < 4.78 is 25.1. The van der Waals surface area contributed by atoms with Crippen LogP contribution in [0.25, 0.3) is 0 Å². The van der Waals surface area contributed by atoms with Crippen molar-refractivity contribution in [3.63, 3.8) is 0 Å². The maximum Gasteiger partial charge on any atom is 0.214 e. The van der Waals surface area contributed by atoms with Gasteiger partial charge in [0.15, 0.2) is 0 Å². The van der Waals surface area contributed by atoms with E-state index < -0.39 is 10.0 Å². The molecule has 0 radical (unpaired) electrons. The second kappa shape index (κ2) is 5.27. The van der Waals surface area contributed by atoms with Gasteiger partial charge in [0.2, 0.25) is 10.0 Å². The summed E-state index contributed by atoms with van der Waals surface area (Å²) in [6.45, 7) is 4.58. The molecule has 0 spiro atoms. The van der Waals surface area contributed by atoms with E-state index >= 15 is 0 Å². The Labute approximate surface area is 92.3 Å². The van der Waals surface area contributed by atoms with Crippen LogP contribution in [-0.2, 0) is 10.0 Å². The molecule has 0 aromatic carbocycles. The predicted octanol–water partition coefficient (Wildman–Crippen LogP) is 0.819. The van der Waals surface area contributed by atoms with E-state index in [1.54, 1.807) is 0 Å². The summed E-state index contributed by atoms with van der Waals surface area (Å²) in [6, 6.07) is -0.227. The van der Waals surface area contributed by atoms with Gasteiger partial charge in [-0.15, -0.1) is 0 Å².